The molecule has 1 aliphatic rings. The van der Waals surface area contributed by atoms with Crippen LogP contribution in [-0.2, 0) is 0 Å². The molecule has 2 atom stereocenters. The first kappa shape index (κ1) is 14.9. The van der Waals surface area contributed by atoms with Crippen molar-refractivity contribution in [1.29, 1.82) is 5.26 Å². The summed E-state index contributed by atoms with van der Waals surface area (Å²) >= 11 is 3.45. The average Bonchev–Trinajstić information content (AvgIpc) is 2.55. The summed E-state index contributed by atoms with van der Waals surface area (Å²) in [5.41, 5.74) is 0.585. The molecular formula is C16H15BrN4O. The van der Waals surface area contributed by atoms with Crippen LogP contribution in [-0.4, -0.2) is 30.0 Å². The lowest BCUT2D eigenvalue weighted by molar-refractivity contribution is 0.0921. The van der Waals surface area contributed by atoms with E-state index in [-0.39, 0.29) is 17.9 Å². The van der Waals surface area contributed by atoms with E-state index in [1.54, 1.807) is 18.5 Å². The number of amides is 1. The number of hydrogen-bond donors (Lipinski definition) is 2. The Balaban J connectivity index is 1.83. The standard InChI is InChI=1S/C16H15BrN4O/c17-14-8-20-7-12-2-1-10(5-13(12)14)16(22)21-15-9-19-4-3-11(15)6-18/h1-2,5,7-8,11,15,19H,3-4,9H2,(H,21,22). The third-order valence-electron chi connectivity index (χ3n) is 3.94. The second kappa shape index (κ2) is 6.42. The number of carbonyl (C=O) groups is 1. The van der Waals surface area contributed by atoms with Crippen LogP contribution in [0.25, 0.3) is 10.8 Å². The molecule has 1 amide bonds. The van der Waals surface area contributed by atoms with E-state index in [9.17, 15) is 10.1 Å². The molecule has 0 radical (unpaired) electrons. The number of halogens is 1. The first-order valence-electron chi connectivity index (χ1n) is 7.13. The zero-order valence-corrected chi connectivity index (χ0v) is 13.4. The minimum Gasteiger partial charge on any atom is -0.347 e. The Morgan fingerprint density at radius 3 is 3.14 bits per heavy atom. The van der Waals surface area contributed by atoms with Gasteiger partial charge in [-0.25, -0.2) is 0 Å². The average molecular weight is 359 g/mol. The smallest absolute Gasteiger partial charge is 0.251 e. The molecule has 0 bridgehead atoms. The van der Waals surface area contributed by atoms with Crippen LogP contribution >= 0.6 is 15.9 Å². The summed E-state index contributed by atoms with van der Waals surface area (Å²) in [5.74, 6) is -0.291. The molecule has 2 aromatic rings. The molecule has 112 valence electrons. The topological polar surface area (TPSA) is 77.8 Å². The van der Waals surface area contributed by atoms with Crippen LogP contribution in [0.3, 0.4) is 0 Å². The zero-order valence-electron chi connectivity index (χ0n) is 11.8. The minimum atomic E-state index is -0.153. The predicted molar refractivity (Wildman–Crippen MR) is 87.3 cm³/mol. The number of fused-ring (bicyclic) bond motifs is 1. The van der Waals surface area contributed by atoms with E-state index in [2.05, 4.69) is 37.6 Å². The van der Waals surface area contributed by atoms with Crippen LogP contribution < -0.4 is 10.6 Å². The fourth-order valence-corrected chi connectivity index (χ4v) is 3.15. The Morgan fingerprint density at radius 2 is 2.32 bits per heavy atom. The molecule has 3 rings (SSSR count). The maximum absolute atomic E-state index is 12.5. The van der Waals surface area contributed by atoms with E-state index < -0.39 is 0 Å². The quantitative estimate of drug-likeness (QED) is 0.862. The van der Waals surface area contributed by atoms with Crippen molar-refractivity contribution in [3.05, 3.63) is 40.6 Å². The van der Waals surface area contributed by atoms with Crippen molar-refractivity contribution in [2.45, 2.75) is 12.5 Å². The molecule has 1 aromatic heterocycles. The second-order valence-corrected chi connectivity index (χ2v) is 6.22. The number of nitrogens with zero attached hydrogens (tertiary/aromatic N) is 2. The van der Waals surface area contributed by atoms with Crippen molar-refractivity contribution in [1.82, 2.24) is 15.6 Å². The number of aromatic nitrogens is 1. The lowest BCUT2D eigenvalue weighted by Gasteiger charge is -2.28. The molecule has 1 saturated heterocycles. The molecular weight excluding hydrogens is 344 g/mol. The van der Waals surface area contributed by atoms with Gasteiger partial charge in [0, 0.05) is 34.4 Å². The van der Waals surface area contributed by atoms with Crippen molar-refractivity contribution in [2.75, 3.05) is 13.1 Å². The van der Waals surface area contributed by atoms with Gasteiger partial charge in [0.1, 0.15) is 0 Å². The van der Waals surface area contributed by atoms with Crippen LogP contribution in [0, 0.1) is 17.2 Å². The van der Waals surface area contributed by atoms with E-state index in [0.717, 1.165) is 28.2 Å². The molecule has 1 fully saturated rings. The molecule has 2 heterocycles. The highest BCUT2D eigenvalue weighted by atomic mass is 79.9. The molecule has 1 aromatic carbocycles. The molecule has 0 spiro atoms. The van der Waals surface area contributed by atoms with Crippen molar-refractivity contribution >= 4 is 32.6 Å². The third kappa shape index (κ3) is 2.96. The van der Waals surface area contributed by atoms with Gasteiger partial charge in [0.05, 0.1) is 18.0 Å². The third-order valence-corrected chi connectivity index (χ3v) is 4.57. The molecule has 2 N–H and O–H groups in total. The first-order valence-corrected chi connectivity index (χ1v) is 7.93. The molecule has 0 aliphatic carbocycles. The van der Waals surface area contributed by atoms with E-state index in [0.29, 0.717) is 12.1 Å². The molecule has 0 saturated carbocycles. The van der Waals surface area contributed by atoms with Gasteiger partial charge in [0.25, 0.3) is 5.91 Å². The summed E-state index contributed by atoms with van der Waals surface area (Å²) in [4.78, 5) is 16.6. The molecule has 1 aliphatic heterocycles. The van der Waals surface area contributed by atoms with Crippen LogP contribution in [0.5, 0.6) is 0 Å². The van der Waals surface area contributed by atoms with Crippen molar-refractivity contribution in [3.8, 4) is 6.07 Å². The van der Waals surface area contributed by atoms with E-state index in [1.165, 1.54) is 0 Å². The monoisotopic (exact) mass is 358 g/mol. The maximum Gasteiger partial charge on any atom is 0.251 e. The Labute approximate surface area is 136 Å². The number of nitriles is 1. The Hall–Kier alpha value is -1.97. The van der Waals surface area contributed by atoms with Crippen molar-refractivity contribution in [2.24, 2.45) is 5.92 Å². The Kier molecular flexibility index (Phi) is 4.36. The second-order valence-electron chi connectivity index (χ2n) is 5.37. The van der Waals surface area contributed by atoms with Gasteiger partial charge in [-0.05, 0) is 46.4 Å². The highest BCUT2D eigenvalue weighted by Gasteiger charge is 2.26. The maximum atomic E-state index is 12.5. The lowest BCUT2D eigenvalue weighted by Crippen LogP contribution is -2.50. The largest absolute Gasteiger partial charge is 0.347 e. The summed E-state index contributed by atoms with van der Waals surface area (Å²) in [6.45, 7) is 1.45. The fraction of sp³-hybridized carbons (Fsp3) is 0.312. The van der Waals surface area contributed by atoms with Gasteiger partial charge in [0.15, 0.2) is 0 Å². The summed E-state index contributed by atoms with van der Waals surface area (Å²) < 4.78 is 0.855. The summed E-state index contributed by atoms with van der Waals surface area (Å²) in [5, 5.41) is 17.3. The molecule has 2 unspecified atom stereocenters. The van der Waals surface area contributed by atoms with E-state index in [4.69, 9.17) is 0 Å². The summed E-state index contributed by atoms with van der Waals surface area (Å²) in [6, 6.07) is 7.63. The number of carbonyl (C=O) groups excluding carboxylic acids is 1. The van der Waals surface area contributed by atoms with E-state index in [1.807, 2.05) is 12.1 Å². The van der Waals surface area contributed by atoms with Gasteiger partial charge in [0.2, 0.25) is 0 Å². The Bertz CT molecular complexity index is 755. The minimum absolute atomic E-state index is 0.137. The van der Waals surface area contributed by atoms with Gasteiger partial charge >= 0.3 is 0 Å². The van der Waals surface area contributed by atoms with Gasteiger partial charge < -0.3 is 10.6 Å². The van der Waals surface area contributed by atoms with Gasteiger partial charge in [-0.3, -0.25) is 9.78 Å². The first-order chi connectivity index (χ1) is 10.7. The van der Waals surface area contributed by atoms with Crippen LogP contribution in [0.2, 0.25) is 0 Å². The number of benzene rings is 1. The normalized spacial score (nSPS) is 21.3. The highest BCUT2D eigenvalue weighted by molar-refractivity contribution is 9.10. The summed E-state index contributed by atoms with van der Waals surface area (Å²) in [7, 11) is 0. The van der Waals surface area contributed by atoms with Crippen molar-refractivity contribution < 1.29 is 4.79 Å². The molecule has 22 heavy (non-hydrogen) atoms. The highest BCUT2D eigenvalue weighted by Crippen LogP contribution is 2.23. The lowest BCUT2D eigenvalue weighted by atomic mass is 9.94. The predicted octanol–water partition coefficient (Wildman–Crippen LogP) is 2.23. The van der Waals surface area contributed by atoms with Crippen molar-refractivity contribution in [3.63, 3.8) is 0 Å². The molecule has 6 heteroatoms. The number of hydrogen-bond acceptors (Lipinski definition) is 4. The zero-order chi connectivity index (χ0) is 15.5. The number of nitrogens with one attached hydrogen (secondary N) is 2. The molecule has 5 nitrogen and oxygen atoms in total. The van der Waals surface area contributed by atoms with Gasteiger partial charge in [-0.1, -0.05) is 6.07 Å². The van der Waals surface area contributed by atoms with Gasteiger partial charge in [-0.2, -0.15) is 5.26 Å². The van der Waals surface area contributed by atoms with Crippen LogP contribution in [0.4, 0.5) is 0 Å². The van der Waals surface area contributed by atoms with Crippen LogP contribution in [0.1, 0.15) is 16.8 Å². The van der Waals surface area contributed by atoms with Gasteiger partial charge in [-0.15, -0.1) is 0 Å². The number of rotatable bonds is 2. The SMILES string of the molecule is N#CC1CCNCC1NC(=O)c1ccc2cncc(Br)c2c1. The summed E-state index contributed by atoms with van der Waals surface area (Å²) in [6.07, 6.45) is 4.23. The fourth-order valence-electron chi connectivity index (χ4n) is 2.69. The Morgan fingerprint density at radius 1 is 1.45 bits per heavy atom. The van der Waals surface area contributed by atoms with Crippen LogP contribution in [0.15, 0.2) is 35.1 Å². The van der Waals surface area contributed by atoms with E-state index >= 15 is 0 Å². The number of pyridine rings is 1. The number of piperidine rings is 1.